The third-order valence-electron chi connectivity index (χ3n) is 5.14. The maximum atomic E-state index is 6.24. The molecular weight excluding hydrogens is 268 g/mol. The Balaban J connectivity index is 1.75. The lowest BCUT2D eigenvalue weighted by Crippen LogP contribution is -2.49. The second-order valence-electron chi connectivity index (χ2n) is 6.77. The van der Waals surface area contributed by atoms with Crippen molar-refractivity contribution in [3.8, 4) is 0 Å². The minimum atomic E-state index is 0.0735. The summed E-state index contributed by atoms with van der Waals surface area (Å²) in [4.78, 5) is 0. The monoisotopic (exact) mass is 292 g/mol. The van der Waals surface area contributed by atoms with E-state index in [2.05, 4.69) is 17.4 Å². The summed E-state index contributed by atoms with van der Waals surface area (Å²) in [6.07, 6.45) is 7.95. The van der Waals surface area contributed by atoms with E-state index in [-0.39, 0.29) is 5.54 Å². The number of benzene rings is 1. The zero-order chi connectivity index (χ0) is 14.2. The van der Waals surface area contributed by atoms with Crippen molar-refractivity contribution in [1.29, 1.82) is 0 Å². The molecule has 0 heterocycles. The highest BCUT2D eigenvalue weighted by atomic mass is 35.5. The van der Waals surface area contributed by atoms with Crippen LogP contribution in [0.25, 0.3) is 0 Å². The lowest BCUT2D eigenvalue weighted by molar-refractivity contribution is 0.228. The molecule has 0 amide bonds. The predicted octanol–water partition coefficient (Wildman–Crippen LogP) is 4.36. The molecule has 0 bridgehead atoms. The van der Waals surface area contributed by atoms with E-state index in [1.807, 2.05) is 13.0 Å². The number of halogens is 1. The fraction of sp³-hybridized carbons (Fsp3) is 0.647. The average molecular weight is 293 g/mol. The lowest BCUT2D eigenvalue weighted by Gasteiger charge is -2.42. The van der Waals surface area contributed by atoms with Crippen molar-refractivity contribution >= 4 is 17.3 Å². The molecule has 0 radical (unpaired) electrons. The van der Waals surface area contributed by atoms with Gasteiger partial charge in [0.25, 0.3) is 0 Å². The van der Waals surface area contributed by atoms with Crippen LogP contribution in [0.15, 0.2) is 18.2 Å². The number of nitrogens with two attached hydrogens (primary N) is 1. The van der Waals surface area contributed by atoms with E-state index in [4.69, 9.17) is 17.3 Å². The third-order valence-corrected chi connectivity index (χ3v) is 5.55. The van der Waals surface area contributed by atoms with Gasteiger partial charge in [-0.25, -0.2) is 0 Å². The van der Waals surface area contributed by atoms with Gasteiger partial charge in [-0.05, 0) is 62.1 Å². The smallest absolute Gasteiger partial charge is 0.0498 e. The molecule has 0 aromatic heterocycles. The highest BCUT2D eigenvalue weighted by molar-refractivity contribution is 6.31. The summed E-state index contributed by atoms with van der Waals surface area (Å²) in [5, 5.41) is 4.55. The Labute approximate surface area is 127 Å². The van der Waals surface area contributed by atoms with Crippen LogP contribution in [0, 0.1) is 18.8 Å². The molecule has 2 atom stereocenters. The molecular formula is C17H25ClN2. The number of hydrogen-bond donors (Lipinski definition) is 2. The Bertz CT molecular complexity index is 484. The van der Waals surface area contributed by atoms with Crippen molar-refractivity contribution in [2.75, 3.05) is 11.9 Å². The van der Waals surface area contributed by atoms with E-state index in [0.717, 1.165) is 28.1 Å². The van der Waals surface area contributed by atoms with E-state index >= 15 is 0 Å². The van der Waals surface area contributed by atoms with Gasteiger partial charge in [0.05, 0.1) is 0 Å². The van der Waals surface area contributed by atoms with Crippen molar-refractivity contribution in [2.45, 2.75) is 51.0 Å². The number of anilines is 1. The molecule has 2 nitrogen and oxygen atoms in total. The van der Waals surface area contributed by atoms with Crippen LogP contribution in [0.5, 0.6) is 0 Å². The summed E-state index contributed by atoms with van der Waals surface area (Å²) < 4.78 is 0. The zero-order valence-corrected chi connectivity index (χ0v) is 13.0. The highest BCUT2D eigenvalue weighted by Crippen LogP contribution is 2.47. The van der Waals surface area contributed by atoms with Gasteiger partial charge in [0.15, 0.2) is 0 Å². The first kappa shape index (κ1) is 14.2. The molecule has 3 heteroatoms. The van der Waals surface area contributed by atoms with E-state index < -0.39 is 0 Å². The second kappa shape index (κ2) is 5.57. The second-order valence-corrected chi connectivity index (χ2v) is 7.17. The Hall–Kier alpha value is -0.730. The summed E-state index contributed by atoms with van der Waals surface area (Å²) in [7, 11) is 0. The largest absolute Gasteiger partial charge is 0.378 e. The Morgan fingerprint density at radius 3 is 2.75 bits per heavy atom. The zero-order valence-electron chi connectivity index (χ0n) is 12.3. The molecule has 0 aliphatic heterocycles. The number of aryl methyl sites for hydroxylation is 1. The summed E-state index contributed by atoms with van der Waals surface area (Å²) in [6, 6.07) is 6.24. The fourth-order valence-corrected chi connectivity index (χ4v) is 3.89. The Morgan fingerprint density at radius 2 is 2.10 bits per heavy atom. The normalized spacial score (nSPS) is 30.2. The quantitative estimate of drug-likeness (QED) is 0.865. The van der Waals surface area contributed by atoms with Crippen LogP contribution in [0.3, 0.4) is 0 Å². The van der Waals surface area contributed by atoms with Gasteiger partial charge in [-0.3, -0.25) is 0 Å². The molecule has 3 rings (SSSR count). The summed E-state index contributed by atoms with van der Waals surface area (Å²) in [5.74, 6) is 1.85. The van der Waals surface area contributed by atoms with Gasteiger partial charge in [0, 0.05) is 22.8 Å². The molecule has 0 spiro atoms. The van der Waals surface area contributed by atoms with Crippen LogP contribution in [0.1, 0.15) is 44.1 Å². The van der Waals surface area contributed by atoms with Gasteiger partial charge in [0.2, 0.25) is 0 Å². The van der Waals surface area contributed by atoms with Crippen molar-refractivity contribution in [1.82, 2.24) is 0 Å². The molecule has 3 N–H and O–H groups in total. The average Bonchev–Trinajstić information content (AvgIpc) is 3.28. The first-order valence-corrected chi connectivity index (χ1v) is 8.24. The van der Waals surface area contributed by atoms with Crippen LogP contribution in [0.4, 0.5) is 5.69 Å². The minimum Gasteiger partial charge on any atom is -0.378 e. The minimum absolute atomic E-state index is 0.0735. The van der Waals surface area contributed by atoms with Crippen molar-refractivity contribution in [3.05, 3.63) is 28.8 Å². The molecule has 110 valence electrons. The topological polar surface area (TPSA) is 38.0 Å². The molecule has 2 aliphatic carbocycles. The van der Waals surface area contributed by atoms with Gasteiger partial charge in [0.1, 0.15) is 0 Å². The van der Waals surface area contributed by atoms with Crippen LogP contribution in [-0.4, -0.2) is 12.1 Å². The van der Waals surface area contributed by atoms with Crippen LogP contribution in [-0.2, 0) is 0 Å². The van der Waals surface area contributed by atoms with Crippen LogP contribution >= 0.6 is 11.6 Å². The Kier molecular flexibility index (Phi) is 3.96. The molecule has 1 aromatic carbocycles. The first-order chi connectivity index (χ1) is 9.62. The predicted molar refractivity (Wildman–Crippen MR) is 86.3 cm³/mol. The van der Waals surface area contributed by atoms with Gasteiger partial charge in [-0.2, -0.15) is 0 Å². The number of hydrogen-bond acceptors (Lipinski definition) is 2. The molecule has 0 saturated heterocycles. The maximum Gasteiger partial charge on any atom is 0.0498 e. The highest BCUT2D eigenvalue weighted by Gasteiger charge is 2.41. The standard InChI is InChI=1S/C17H25ClN2/c1-12-4-7-15(9-16(12)18)20-17(11-19)8-2-3-14(10-17)13-5-6-13/h4,7,9,13-14,20H,2-3,5-6,8,10-11,19H2,1H3. The van der Waals surface area contributed by atoms with Crippen LogP contribution < -0.4 is 11.1 Å². The number of rotatable bonds is 4. The van der Waals surface area contributed by atoms with Gasteiger partial charge < -0.3 is 11.1 Å². The van der Waals surface area contributed by atoms with Gasteiger partial charge in [-0.15, -0.1) is 0 Å². The van der Waals surface area contributed by atoms with E-state index in [0.29, 0.717) is 6.54 Å². The summed E-state index contributed by atoms with van der Waals surface area (Å²) in [5.41, 5.74) is 8.45. The molecule has 2 saturated carbocycles. The van der Waals surface area contributed by atoms with Gasteiger partial charge >= 0.3 is 0 Å². The van der Waals surface area contributed by atoms with Crippen molar-refractivity contribution in [2.24, 2.45) is 17.6 Å². The Morgan fingerprint density at radius 1 is 1.30 bits per heavy atom. The molecule has 2 unspecified atom stereocenters. The third kappa shape index (κ3) is 2.96. The summed E-state index contributed by atoms with van der Waals surface area (Å²) in [6.45, 7) is 2.75. The first-order valence-electron chi connectivity index (χ1n) is 7.86. The SMILES string of the molecule is Cc1ccc(NC2(CN)CCCC(C3CC3)C2)cc1Cl. The lowest BCUT2D eigenvalue weighted by atomic mass is 9.73. The molecule has 2 fully saturated rings. The molecule has 2 aliphatic rings. The van der Waals surface area contributed by atoms with Gasteiger partial charge in [-0.1, -0.05) is 30.5 Å². The maximum absolute atomic E-state index is 6.24. The fourth-order valence-electron chi connectivity index (χ4n) is 3.71. The van der Waals surface area contributed by atoms with E-state index in [9.17, 15) is 0 Å². The van der Waals surface area contributed by atoms with Crippen molar-refractivity contribution < 1.29 is 0 Å². The van der Waals surface area contributed by atoms with E-state index in [1.54, 1.807) is 0 Å². The van der Waals surface area contributed by atoms with E-state index in [1.165, 1.54) is 38.5 Å². The molecule has 1 aromatic rings. The summed E-state index contributed by atoms with van der Waals surface area (Å²) >= 11 is 6.24. The van der Waals surface area contributed by atoms with Crippen LogP contribution in [0.2, 0.25) is 5.02 Å². The van der Waals surface area contributed by atoms with Crippen molar-refractivity contribution in [3.63, 3.8) is 0 Å². The molecule has 20 heavy (non-hydrogen) atoms. The number of nitrogens with one attached hydrogen (secondary N) is 1.